The average molecular weight is 281 g/mol. The Labute approximate surface area is 117 Å². The Hall–Kier alpha value is -1.66. The maximum absolute atomic E-state index is 13.2. The number of nitrogens with zero attached hydrogens (tertiary/aromatic N) is 2. The van der Waals surface area contributed by atoms with Gasteiger partial charge < -0.3 is 15.7 Å². The molecule has 0 aromatic heterocycles. The predicted molar refractivity (Wildman–Crippen MR) is 74.1 cm³/mol. The third-order valence-electron chi connectivity index (χ3n) is 3.75. The third kappa shape index (κ3) is 3.08. The molecule has 5 nitrogen and oxygen atoms in total. The zero-order chi connectivity index (χ0) is 14.7. The van der Waals surface area contributed by atoms with Crippen molar-refractivity contribution in [2.45, 2.75) is 13.0 Å². The SMILES string of the molecule is CC(CN)N1CCN(C(=O)c2cc(F)ccc2O)CC1. The van der Waals surface area contributed by atoms with Crippen molar-refractivity contribution >= 4 is 5.91 Å². The van der Waals surface area contributed by atoms with E-state index in [1.807, 2.05) is 0 Å². The smallest absolute Gasteiger partial charge is 0.257 e. The molecule has 6 heteroatoms. The molecule has 0 aliphatic carbocycles. The number of nitrogens with two attached hydrogens (primary N) is 1. The fraction of sp³-hybridized carbons (Fsp3) is 0.500. The van der Waals surface area contributed by atoms with Crippen LogP contribution in [0.1, 0.15) is 17.3 Å². The van der Waals surface area contributed by atoms with Crippen LogP contribution in [0.3, 0.4) is 0 Å². The van der Waals surface area contributed by atoms with Crippen LogP contribution in [0.15, 0.2) is 18.2 Å². The largest absolute Gasteiger partial charge is 0.507 e. The third-order valence-corrected chi connectivity index (χ3v) is 3.75. The molecular weight excluding hydrogens is 261 g/mol. The molecule has 1 aromatic rings. The zero-order valence-electron chi connectivity index (χ0n) is 11.6. The number of carbonyl (C=O) groups excluding carboxylic acids is 1. The first-order valence-corrected chi connectivity index (χ1v) is 6.75. The molecule has 1 amide bonds. The van der Waals surface area contributed by atoms with Crippen molar-refractivity contribution in [3.8, 4) is 5.75 Å². The number of hydrogen-bond donors (Lipinski definition) is 2. The average Bonchev–Trinajstić information content (AvgIpc) is 2.48. The summed E-state index contributed by atoms with van der Waals surface area (Å²) in [7, 11) is 0. The number of phenolic OH excluding ortho intramolecular Hbond substituents is 1. The highest BCUT2D eigenvalue weighted by Gasteiger charge is 2.25. The van der Waals surface area contributed by atoms with Crippen LogP contribution in [0.2, 0.25) is 0 Å². The Morgan fingerprint density at radius 3 is 2.65 bits per heavy atom. The molecule has 0 bridgehead atoms. The lowest BCUT2D eigenvalue weighted by Gasteiger charge is -2.37. The molecule has 1 aliphatic heterocycles. The van der Waals surface area contributed by atoms with Gasteiger partial charge in [0, 0.05) is 38.8 Å². The van der Waals surface area contributed by atoms with Gasteiger partial charge in [-0.3, -0.25) is 9.69 Å². The van der Waals surface area contributed by atoms with E-state index in [2.05, 4.69) is 11.8 Å². The van der Waals surface area contributed by atoms with Crippen molar-refractivity contribution in [3.05, 3.63) is 29.6 Å². The van der Waals surface area contributed by atoms with Gasteiger partial charge in [0.05, 0.1) is 5.56 Å². The molecule has 1 aliphatic rings. The van der Waals surface area contributed by atoms with Gasteiger partial charge in [-0.05, 0) is 25.1 Å². The zero-order valence-corrected chi connectivity index (χ0v) is 11.6. The molecule has 0 saturated carbocycles. The van der Waals surface area contributed by atoms with Crippen LogP contribution in [0.5, 0.6) is 5.75 Å². The topological polar surface area (TPSA) is 69.8 Å². The summed E-state index contributed by atoms with van der Waals surface area (Å²) in [6, 6.07) is 3.70. The fourth-order valence-corrected chi connectivity index (χ4v) is 2.36. The lowest BCUT2D eigenvalue weighted by atomic mass is 10.1. The van der Waals surface area contributed by atoms with Crippen LogP contribution in [0.25, 0.3) is 0 Å². The van der Waals surface area contributed by atoms with E-state index in [1.165, 1.54) is 6.07 Å². The van der Waals surface area contributed by atoms with E-state index < -0.39 is 5.82 Å². The van der Waals surface area contributed by atoms with Gasteiger partial charge in [0.25, 0.3) is 5.91 Å². The Kier molecular flexibility index (Phi) is 4.57. The van der Waals surface area contributed by atoms with Gasteiger partial charge >= 0.3 is 0 Å². The molecule has 1 saturated heterocycles. The van der Waals surface area contributed by atoms with Crippen molar-refractivity contribution in [1.82, 2.24) is 9.80 Å². The summed E-state index contributed by atoms with van der Waals surface area (Å²) >= 11 is 0. The van der Waals surface area contributed by atoms with E-state index in [4.69, 9.17) is 5.73 Å². The van der Waals surface area contributed by atoms with Gasteiger partial charge in [0.15, 0.2) is 0 Å². The first-order valence-electron chi connectivity index (χ1n) is 6.75. The Morgan fingerprint density at radius 2 is 2.05 bits per heavy atom. The summed E-state index contributed by atoms with van der Waals surface area (Å²) in [5, 5.41) is 9.67. The first-order chi connectivity index (χ1) is 9.52. The van der Waals surface area contributed by atoms with E-state index >= 15 is 0 Å². The molecule has 1 atom stereocenters. The van der Waals surface area contributed by atoms with Gasteiger partial charge in [-0.25, -0.2) is 4.39 Å². The van der Waals surface area contributed by atoms with Gasteiger partial charge in [-0.15, -0.1) is 0 Å². The maximum atomic E-state index is 13.2. The van der Waals surface area contributed by atoms with Gasteiger partial charge in [0.1, 0.15) is 11.6 Å². The highest BCUT2D eigenvalue weighted by molar-refractivity contribution is 5.96. The Bertz CT molecular complexity index is 487. The molecule has 2 rings (SSSR count). The highest BCUT2D eigenvalue weighted by Crippen LogP contribution is 2.20. The van der Waals surface area contributed by atoms with Crippen molar-refractivity contribution < 1.29 is 14.3 Å². The van der Waals surface area contributed by atoms with Gasteiger partial charge in [0.2, 0.25) is 0 Å². The second kappa shape index (κ2) is 6.19. The summed E-state index contributed by atoms with van der Waals surface area (Å²) in [6.07, 6.45) is 0. The lowest BCUT2D eigenvalue weighted by molar-refractivity contribution is 0.0586. The van der Waals surface area contributed by atoms with Crippen LogP contribution in [0.4, 0.5) is 4.39 Å². The van der Waals surface area contributed by atoms with E-state index in [9.17, 15) is 14.3 Å². The summed E-state index contributed by atoms with van der Waals surface area (Å²) in [5.41, 5.74) is 5.65. The second-order valence-corrected chi connectivity index (χ2v) is 5.07. The summed E-state index contributed by atoms with van der Waals surface area (Å²) in [6.45, 7) is 5.22. The fourth-order valence-electron chi connectivity index (χ4n) is 2.36. The molecule has 0 radical (unpaired) electrons. The number of piperazine rings is 1. The van der Waals surface area contributed by atoms with Crippen LogP contribution in [-0.2, 0) is 0 Å². The van der Waals surface area contributed by atoms with Crippen LogP contribution >= 0.6 is 0 Å². The number of benzene rings is 1. The number of rotatable bonds is 3. The number of halogens is 1. The van der Waals surface area contributed by atoms with Crippen molar-refractivity contribution in [3.63, 3.8) is 0 Å². The summed E-state index contributed by atoms with van der Waals surface area (Å²) in [5.74, 6) is -1.04. The van der Waals surface area contributed by atoms with Crippen LogP contribution in [0, 0.1) is 5.82 Å². The van der Waals surface area contributed by atoms with Crippen LogP contribution in [-0.4, -0.2) is 59.6 Å². The minimum absolute atomic E-state index is 0.0188. The molecule has 1 unspecified atom stereocenters. The summed E-state index contributed by atoms with van der Waals surface area (Å²) in [4.78, 5) is 16.1. The summed E-state index contributed by atoms with van der Waals surface area (Å²) < 4.78 is 13.2. The minimum Gasteiger partial charge on any atom is -0.507 e. The van der Waals surface area contributed by atoms with E-state index in [-0.39, 0.29) is 23.3 Å². The minimum atomic E-state index is -0.526. The normalized spacial score (nSPS) is 18.1. The molecule has 1 fully saturated rings. The molecule has 0 spiro atoms. The van der Waals surface area contributed by atoms with E-state index in [0.29, 0.717) is 19.6 Å². The molecule has 20 heavy (non-hydrogen) atoms. The molecule has 110 valence electrons. The van der Waals surface area contributed by atoms with Crippen molar-refractivity contribution in [2.24, 2.45) is 5.73 Å². The van der Waals surface area contributed by atoms with Crippen molar-refractivity contribution in [2.75, 3.05) is 32.7 Å². The maximum Gasteiger partial charge on any atom is 0.257 e. The molecule has 1 heterocycles. The monoisotopic (exact) mass is 281 g/mol. The number of phenols is 1. The Balaban J connectivity index is 2.03. The second-order valence-electron chi connectivity index (χ2n) is 5.07. The quantitative estimate of drug-likeness (QED) is 0.853. The van der Waals surface area contributed by atoms with Gasteiger partial charge in [-0.1, -0.05) is 0 Å². The number of hydrogen-bond acceptors (Lipinski definition) is 4. The van der Waals surface area contributed by atoms with Gasteiger partial charge in [-0.2, -0.15) is 0 Å². The van der Waals surface area contributed by atoms with Crippen molar-refractivity contribution in [1.29, 1.82) is 0 Å². The number of carbonyl (C=O) groups is 1. The Morgan fingerprint density at radius 1 is 1.40 bits per heavy atom. The molecular formula is C14H20FN3O2. The van der Waals surface area contributed by atoms with E-state index in [0.717, 1.165) is 25.2 Å². The predicted octanol–water partition coefficient (Wildman–Crippen LogP) is 0.636. The van der Waals surface area contributed by atoms with Crippen LogP contribution < -0.4 is 5.73 Å². The first kappa shape index (κ1) is 14.7. The van der Waals surface area contributed by atoms with E-state index in [1.54, 1.807) is 4.90 Å². The highest BCUT2D eigenvalue weighted by atomic mass is 19.1. The molecule has 3 N–H and O–H groups in total. The number of aromatic hydroxyl groups is 1. The standard InChI is InChI=1S/C14H20FN3O2/c1-10(9-16)17-4-6-18(7-5-17)14(20)12-8-11(15)2-3-13(12)19/h2-3,8,10,19H,4-7,9,16H2,1H3. The number of amides is 1. The lowest BCUT2D eigenvalue weighted by Crippen LogP contribution is -2.52. The molecule has 1 aromatic carbocycles.